The van der Waals surface area contributed by atoms with Crippen LogP contribution in [0.15, 0.2) is 23.1 Å². The fourth-order valence-corrected chi connectivity index (χ4v) is 4.59. The molecule has 2 rings (SSSR count). The molecule has 3 nitrogen and oxygen atoms in total. The van der Waals surface area contributed by atoms with E-state index < -0.39 is 10.0 Å². The Morgan fingerprint density at radius 3 is 2.50 bits per heavy atom. The summed E-state index contributed by atoms with van der Waals surface area (Å²) in [5.74, 6) is 0.651. The minimum absolute atomic E-state index is 0.182. The van der Waals surface area contributed by atoms with E-state index in [4.69, 9.17) is 11.6 Å². The molecule has 0 atom stereocenters. The highest BCUT2D eigenvalue weighted by Gasteiger charge is 2.38. The Morgan fingerprint density at radius 2 is 2.00 bits per heavy atom. The van der Waals surface area contributed by atoms with Crippen molar-refractivity contribution in [2.45, 2.75) is 50.4 Å². The van der Waals surface area contributed by atoms with Gasteiger partial charge in [0.2, 0.25) is 10.0 Å². The molecule has 1 aromatic carbocycles. The number of rotatable bonds is 6. The van der Waals surface area contributed by atoms with Crippen molar-refractivity contribution in [3.63, 3.8) is 0 Å². The number of hydrogen-bond acceptors (Lipinski definition) is 2. The van der Waals surface area contributed by atoms with E-state index in [9.17, 15) is 8.42 Å². The SMILES string of the molecule is Cc1ccc(CCl)cc1S(=O)(=O)N(CC(C)C)C1CC1. The lowest BCUT2D eigenvalue weighted by atomic mass is 10.2. The third kappa shape index (κ3) is 3.35. The van der Waals surface area contributed by atoms with Gasteiger partial charge in [0.1, 0.15) is 0 Å². The van der Waals surface area contributed by atoms with E-state index in [0.717, 1.165) is 24.0 Å². The van der Waals surface area contributed by atoms with Crippen LogP contribution in [0.2, 0.25) is 0 Å². The highest BCUT2D eigenvalue weighted by Crippen LogP contribution is 2.34. The number of benzene rings is 1. The minimum Gasteiger partial charge on any atom is -0.207 e. The van der Waals surface area contributed by atoms with Crippen LogP contribution in [0.3, 0.4) is 0 Å². The lowest BCUT2D eigenvalue weighted by molar-refractivity contribution is 0.360. The molecule has 0 heterocycles. The highest BCUT2D eigenvalue weighted by molar-refractivity contribution is 7.89. The molecule has 1 aliphatic carbocycles. The maximum absolute atomic E-state index is 12.9. The molecule has 0 amide bonds. The Hall–Kier alpha value is -0.580. The second-order valence-corrected chi connectivity index (χ2v) is 8.06. The Kier molecular flexibility index (Phi) is 4.77. The quantitative estimate of drug-likeness (QED) is 0.753. The number of hydrogen-bond donors (Lipinski definition) is 0. The number of nitrogens with zero attached hydrogens (tertiary/aromatic N) is 1. The third-order valence-electron chi connectivity index (χ3n) is 3.49. The van der Waals surface area contributed by atoms with Gasteiger partial charge in [-0.3, -0.25) is 0 Å². The van der Waals surface area contributed by atoms with Crippen molar-refractivity contribution in [1.82, 2.24) is 4.31 Å². The monoisotopic (exact) mass is 315 g/mol. The average Bonchev–Trinajstić information content (AvgIpc) is 3.20. The van der Waals surface area contributed by atoms with Crippen LogP contribution in [0.5, 0.6) is 0 Å². The largest absolute Gasteiger partial charge is 0.243 e. The van der Waals surface area contributed by atoms with Gasteiger partial charge < -0.3 is 0 Å². The molecule has 0 spiro atoms. The molecule has 1 aliphatic rings. The maximum atomic E-state index is 12.9. The molecule has 1 fully saturated rings. The molecule has 0 N–H and O–H groups in total. The van der Waals surface area contributed by atoms with Gasteiger partial charge in [-0.05, 0) is 42.9 Å². The Labute approximate surface area is 127 Å². The molecule has 1 aromatic rings. The summed E-state index contributed by atoms with van der Waals surface area (Å²) in [7, 11) is -3.42. The van der Waals surface area contributed by atoms with Crippen LogP contribution in [0.4, 0.5) is 0 Å². The molecule has 1 saturated carbocycles. The highest BCUT2D eigenvalue weighted by atomic mass is 35.5. The number of aryl methyl sites for hydroxylation is 1. The molecule has 0 unspecified atom stereocenters. The standard InChI is InChI=1S/C15H22ClNO2S/c1-11(2)10-17(14-6-7-14)20(18,19)15-8-13(9-16)5-4-12(15)3/h4-5,8,11,14H,6-7,9-10H2,1-3H3. The molecule has 20 heavy (non-hydrogen) atoms. The summed E-state index contributed by atoms with van der Waals surface area (Å²) in [5.41, 5.74) is 1.63. The zero-order chi connectivity index (χ0) is 14.9. The van der Waals surface area contributed by atoms with Crippen LogP contribution in [0, 0.1) is 12.8 Å². The smallest absolute Gasteiger partial charge is 0.207 e. The number of sulfonamides is 1. The topological polar surface area (TPSA) is 37.4 Å². The first-order valence-corrected chi connectivity index (χ1v) is 9.01. The van der Waals surface area contributed by atoms with Crippen molar-refractivity contribution in [3.8, 4) is 0 Å². The summed E-state index contributed by atoms with van der Waals surface area (Å²) in [6.07, 6.45) is 1.94. The first-order chi connectivity index (χ1) is 9.36. The van der Waals surface area contributed by atoms with Crippen molar-refractivity contribution in [3.05, 3.63) is 29.3 Å². The van der Waals surface area contributed by atoms with Gasteiger partial charge in [0.25, 0.3) is 0 Å². The number of alkyl halides is 1. The van der Waals surface area contributed by atoms with Crippen LogP contribution in [0.1, 0.15) is 37.8 Å². The fourth-order valence-electron chi connectivity index (χ4n) is 2.30. The van der Waals surface area contributed by atoms with Crippen LogP contribution in [-0.2, 0) is 15.9 Å². The Morgan fingerprint density at radius 1 is 1.35 bits per heavy atom. The predicted molar refractivity (Wildman–Crippen MR) is 82.5 cm³/mol. The van der Waals surface area contributed by atoms with Gasteiger partial charge in [0, 0.05) is 18.5 Å². The van der Waals surface area contributed by atoms with Crippen LogP contribution >= 0.6 is 11.6 Å². The maximum Gasteiger partial charge on any atom is 0.243 e. The normalized spacial score (nSPS) is 16.1. The molecule has 0 saturated heterocycles. The van der Waals surface area contributed by atoms with E-state index in [-0.39, 0.29) is 6.04 Å². The lowest BCUT2D eigenvalue weighted by Gasteiger charge is -2.24. The van der Waals surface area contributed by atoms with Crippen molar-refractivity contribution in [2.24, 2.45) is 5.92 Å². The summed E-state index contributed by atoms with van der Waals surface area (Å²) < 4.78 is 27.5. The predicted octanol–water partition coefficient (Wildman–Crippen LogP) is 3.54. The zero-order valence-corrected chi connectivity index (χ0v) is 13.8. The van der Waals surface area contributed by atoms with Crippen molar-refractivity contribution in [1.29, 1.82) is 0 Å². The van der Waals surface area contributed by atoms with Crippen molar-refractivity contribution < 1.29 is 8.42 Å². The second-order valence-electron chi connectivity index (χ2n) is 5.93. The van der Waals surface area contributed by atoms with Gasteiger partial charge >= 0.3 is 0 Å². The zero-order valence-electron chi connectivity index (χ0n) is 12.3. The van der Waals surface area contributed by atoms with E-state index in [2.05, 4.69) is 0 Å². The van der Waals surface area contributed by atoms with E-state index in [1.165, 1.54) is 0 Å². The summed E-state index contributed by atoms with van der Waals surface area (Å²) in [6, 6.07) is 5.62. The van der Waals surface area contributed by atoms with Gasteiger partial charge in [0.15, 0.2) is 0 Å². The van der Waals surface area contributed by atoms with Gasteiger partial charge in [-0.2, -0.15) is 4.31 Å². The van der Waals surface area contributed by atoms with Crippen LogP contribution in [-0.4, -0.2) is 25.3 Å². The second kappa shape index (κ2) is 6.04. The summed E-state index contributed by atoms with van der Waals surface area (Å²) in [6.45, 7) is 6.52. The van der Waals surface area contributed by atoms with Gasteiger partial charge in [-0.25, -0.2) is 8.42 Å². The van der Waals surface area contributed by atoms with E-state index in [1.54, 1.807) is 10.4 Å². The van der Waals surface area contributed by atoms with Gasteiger partial charge in [0.05, 0.1) is 4.90 Å². The Bertz CT molecular complexity index is 580. The minimum atomic E-state index is -3.42. The van der Waals surface area contributed by atoms with E-state index >= 15 is 0 Å². The molecule has 0 aromatic heterocycles. The lowest BCUT2D eigenvalue weighted by Crippen LogP contribution is -2.36. The molecular formula is C15H22ClNO2S. The first kappa shape index (κ1) is 15.8. The molecular weight excluding hydrogens is 294 g/mol. The summed E-state index contributed by atoms with van der Waals surface area (Å²) in [4.78, 5) is 0.406. The van der Waals surface area contributed by atoms with Crippen LogP contribution < -0.4 is 0 Å². The van der Waals surface area contributed by atoms with Crippen molar-refractivity contribution in [2.75, 3.05) is 6.54 Å². The van der Waals surface area contributed by atoms with Crippen molar-refractivity contribution >= 4 is 21.6 Å². The fraction of sp³-hybridized carbons (Fsp3) is 0.600. The first-order valence-electron chi connectivity index (χ1n) is 7.03. The molecule has 0 bridgehead atoms. The molecule has 0 aliphatic heterocycles. The molecule has 5 heteroatoms. The van der Waals surface area contributed by atoms with E-state index in [1.807, 2.05) is 32.9 Å². The van der Waals surface area contributed by atoms with Gasteiger partial charge in [-0.15, -0.1) is 11.6 Å². The van der Waals surface area contributed by atoms with Crippen LogP contribution in [0.25, 0.3) is 0 Å². The van der Waals surface area contributed by atoms with E-state index in [0.29, 0.717) is 23.2 Å². The Balaban J connectivity index is 2.41. The third-order valence-corrected chi connectivity index (χ3v) is 5.86. The summed E-state index contributed by atoms with van der Waals surface area (Å²) >= 11 is 5.83. The molecule has 0 radical (unpaired) electrons. The average molecular weight is 316 g/mol. The number of halogens is 1. The summed E-state index contributed by atoms with van der Waals surface area (Å²) in [5, 5.41) is 0. The molecule has 112 valence electrons. The van der Waals surface area contributed by atoms with Gasteiger partial charge in [-0.1, -0.05) is 26.0 Å².